The molecular weight excluding hydrogens is 311 g/mol. The number of nitrogens with one attached hydrogen (secondary N) is 1. The average molecular weight is 330 g/mol. The van der Waals surface area contributed by atoms with Gasteiger partial charge in [-0.15, -0.1) is 0 Å². The minimum absolute atomic E-state index is 0.180. The summed E-state index contributed by atoms with van der Waals surface area (Å²) in [4.78, 5) is 9.52. The molecule has 6 nitrogen and oxygen atoms in total. The number of halogens is 1. The van der Waals surface area contributed by atoms with E-state index in [1.54, 1.807) is 0 Å². The Balaban J connectivity index is 2.27. The lowest BCUT2D eigenvalue weighted by molar-refractivity contribution is -0.387. The minimum Gasteiger partial charge on any atom is -0.258 e. The van der Waals surface area contributed by atoms with Crippen molar-refractivity contribution < 1.29 is 17.7 Å². The molecule has 0 spiro atoms. The van der Waals surface area contributed by atoms with Crippen LogP contribution in [0.15, 0.2) is 23.1 Å². The first-order valence-corrected chi connectivity index (χ1v) is 8.67. The van der Waals surface area contributed by atoms with Gasteiger partial charge in [0.05, 0.1) is 9.82 Å². The topological polar surface area (TPSA) is 89.3 Å². The fourth-order valence-corrected chi connectivity index (χ4v) is 4.20. The summed E-state index contributed by atoms with van der Waals surface area (Å²) in [5.41, 5.74) is -0.840. The molecule has 0 aromatic heterocycles. The largest absolute Gasteiger partial charge is 0.306 e. The molecule has 1 N–H and O–H groups in total. The molecule has 1 aliphatic carbocycles. The molecular formula is C14H19FN2O4S. The number of benzene rings is 1. The summed E-state index contributed by atoms with van der Waals surface area (Å²) in [5.74, 6) is -0.466. The molecule has 1 saturated carbocycles. The summed E-state index contributed by atoms with van der Waals surface area (Å²) < 4.78 is 40.7. The first kappa shape index (κ1) is 16.8. The fourth-order valence-electron chi connectivity index (χ4n) is 2.82. The summed E-state index contributed by atoms with van der Waals surface area (Å²) in [6, 6.07) is 2.40. The summed E-state index contributed by atoms with van der Waals surface area (Å²) in [6.45, 7) is 4.07. The van der Waals surface area contributed by atoms with Gasteiger partial charge in [0.2, 0.25) is 15.8 Å². The maximum absolute atomic E-state index is 13.3. The Labute approximate surface area is 128 Å². The molecule has 0 radical (unpaired) electrons. The molecule has 3 atom stereocenters. The van der Waals surface area contributed by atoms with Crippen LogP contribution in [0.5, 0.6) is 0 Å². The summed E-state index contributed by atoms with van der Waals surface area (Å²) >= 11 is 0. The van der Waals surface area contributed by atoms with Crippen LogP contribution in [0.3, 0.4) is 0 Å². The molecule has 0 saturated heterocycles. The molecule has 0 aliphatic heterocycles. The first-order chi connectivity index (χ1) is 10.2. The van der Waals surface area contributed by atoms with Crippen molar-refractivity contribution in [2.75, 3.05) is 0 Å². The molecule has 122 valence electrons. The molecule has 1 aliphatic rings. The van der Waals surface area contributed by atoms with Crippen molar-refractivity contribution in [3.05, 3.63) is 34.1 Å². The third-order valence-corrected chi connectivity index (χ3v) is 5.93. The molecule has 0 unspecified atom stereocenters. The molecule has 0 bridgehead atoms. The SMILES string of the molecule is C[C@@H]1[C@@H](C)CCC[C@H]1NS(=O)(=O)c1ccc(F)c([N+](=O)[O-])c1. The van der Waals surface area contributed by atoms with Crippen LogP contribution in [0.25, 0.3) is 0 Å². The molecule has 1 aromatic rings. The van der Waals surface area contributed by atoms with Gasteiger partial charge >= 0.3 is 5.69 Å². The van der Waals surface area contributed by atoms with Gasteiger partial charge in [-0.2, -0.15) is 4.39 Å². The number of hydrogen-bond donors (Lipinski definition) is 1. The fraction of sp³-hybridized carbons (Fsp3) is 0.571. The Morgan fingerprint density at radius 3 is 2.64 bits per heavy atom. The van der Waals surface area contributed by atoms with Crippen LogP contribution in [0.1, 0.15) is 33.1 Å². The van der Waals surface area contributed by atoms with Gasteiger partial charge < -0.3 is 0 Å². The van der Waals surface area contributed by atoms with Crippen molar-refractivity contribution in [3.8, 4) is 0 Å². The van der Waals surface area contributed by atoms with Crippen LogP contribution in [-0.2, 0) is 10.0 Å². The van der Waals surface area contributed by atoms with Crippen LogP contribution in [-0.4, -0.2) is 19.4 Å². The third kappa shape index (κ3) is 3.44. The second kappa shape index (κ2) is 6.29. The van der Waals surface area contributed by atoms with Crippen molar-refractivity contribution in [1.29, 1.82) is 0 Å². The van der Waals surface area contributed by atoms with Crippen LogP contribution in [0.2, 0.25) is 0 Å². The van der Waals surface area contributed by atoms with Gasteiger partial charge in [0.15, 0.2) is 0 Å². The van der Waals surface area contributed by atoms with E-state index in [0.717, 1.165) is 37.5 Å². The van der Waals surface area contributed by atoms with E-state index < -0.39 is 26.5 Å². The number of hydrogen-bond acceptors (Lipinski definition) is 4. The Bertz CT molecular complexity index is 677. The number of nitro groups is 1. The minimum atomic E-state index is -3.91. The van der Waals surface area contributed by atoms with Gasteiger partial charge in [0.25, 0.3) is 0 Å². The first-order valence-electron chi connectivity index (χ1n) is 7.18. The second-order valence-electron chi connectivity index (χ2n) is 5.87. The average Bonchev–Trinajstić information content (AvgIpc) is 2.43. The molecule has 1 aromatic carbocycles. The van der Waals surface area contributed by atoms with Gasteiger partial charge in [-0.25, -0.2) is 13.1 Å². The highest BCUT2D eigenvalue weighted by Gasteiger charge is 2.31. The molecule has 0 heterocycles. The van der Waals surface area contributed by atoms with E-state index in [4.69, 9.17) is 0 Å². The highest BCUT2D eigenvalue weighted by atomic mass is 32.2. The Hall–Kier alpha value is -1.54. The summed E-state index contributed by atoms with van der Waals surface area (Å²) in [6.07, 6.45) is 2.72. The van der Waals surface area contributed by atoms with Gasteiger partial charge in [0, 0.05) is 12.1 Å². The van der Waals surface area contributed by atoms with E-state index in [9.17, 15) is 22.9 Å². The summed E-state index contributed by atoms with van der Waals surface area (Å²) in [5, 5.41) is 10.7. The van der Waals surface area contributed by atoms with Crippen molar-refractivity contribution in [2.24, 2.45) is 11.8 Å². The molecule has 1 fully saturated rings. The van der Waals surface area contributed by atoms with Crippen molar-refractivity contribution in [2.45, 2.75) is 44.0 Å². The lowest BCUT2D eigenvalue weighted by Crippen LogP contribution is -2.43. The highest BCUT2D eigenvalue weighted by Crippen LogP contribution is 2.31. The monoisotopic (exact) mass is 330 g/mol. The predicted molar refractivity (Wildman–Crippen MR) is 79.3 cm³/mol. The zero-order valence-corrected chi connectivity index (χ0v) is 13.3. The van der Waals surface area contributed by atoms with Crippen LogP contribution < -0.4 is 4.72 Å². The van der Waals surface area contributed by atoms with E-state index in [-0.39, 0.29) is 16.9 Å². The predicted octanol–water partition coefficient (Wildman–Crippen LogP) is 2.84. The number of sulfonamides is 1. The second-order valence-corrected chi connectivity index (χ2v) is 7.58. The van der Waals surface area contributed by atoms with Gasteiger partial charge in [-0.1, -0.05) is 26.7 Å². The Morgan fingerprint density at radius 1 is 1.32 bits per heavy atom. The number of nitro benzene ring substituents is 1. The van der Waals surface area contributed by atoms with Gasteiger partial charge in [-0.3, -0.25) is 10.1 Å². The van der Waals surface area contributed by atoms with Crippen LogP contribution in [0, 0.1) is 27.8 Å². The van der Waals surface area contributed by atoms with Crippen molar-refractivity contribution >= 4 is 15.7 Å². The van der Waals surface area contributed by atoms with E-state index in [0.29, 0.717) is 5.92 Å². The van der Waals surface area contributed by atoms with Gasteiger partial charge in [-0.05, 0) is 30.4 Å². The molecule has 0 amide bonds. The maximum atomic E-state index is 13.3. The zero-order chi connectivity index (χ0) is 16.5. The maximum Gasteiger partial charge on any atom is 0.306 e. The number of nitrogens with zero attached hydrogens (tertiary/aromatic N) is 1. The third-order valence-electron chi connectivity index (χ3n) is 4.44. The Morgan fingerprint density at radius 2 is 2.00 bits per heavy atom. The van der Waals surface area contributed by atoms with Gasteiger partial charge in [0.1, 0.15) is 0 Å². The molecule has 8 heteroatoms. The molecule has 2 rings (SSSR count). The van der Waals surface area contributed by atoms with Crippen LogP contribution in [0.4, 0.5) is 10.1 Å². The van der Waals surface area contributed by atoms with E-state index >= 15 is 0 Å². The van der Waals surface area contributed by atoms with E-state index in [1.165, 1.54) is 0 Å². The normalized spacial score (nSPS) is 25.9. The Kier molecular flexibility index (Phi) is 4.81. The highest BCUT2D eigenvalue weighted by molar-refractivity contribution is 7.89. The summed E-state index contributed by atoms with van der Waals surface area (Å²) in [7, 11) is -3.91. The lowest BCUT2D eigenvalue weighted by atomic mass is 9.78. The lowest BCUT2D eigenvalue weighted by Gasteiger charge is -2.34. The smallest absolute Gasteiger partial charge is 0.258 e. The van der Waals surface area contributed by atoms with E-state index in [1.807, 2.05) is 6.92 Å². The quantitative estimate of drug-likeness (QED) is 0.679. The molecule has 22 heavy (non-hydrogen) atoms. The van der Waals surface area contributed by atoms with Crippen molar-refractivity contribution in [1.82, 2.24) is 4.72 Å². The van der Waals surface area contributed by atoms with Crippen molar-refractivity contribution in [3.63, 3.8) is 0 Å². The number of rotatable bonds is 4. The standard InChI is InChI=1S/C14H19FN2O4S/c1-9-4-3-5-13(10(9)2)16-22(20,21)11-6-7-12(15)14(8-11)17(18)19/h6-10,13,16H,3-5H2,1-2H3/t9-,10+,13+/m0/s1. The zero-order valence-electron chi connectivity index (χ0n) is 12.5. The van der Waals surface area contributed by atoms with Crippen LogP contribution >= 0.6 is 0 Å². The van der Waals surface area contributed by atoms with E-state index in [2.05, 4.69) is 11.6 Å².